The van der Waals surface area contributed by atoms with E-state index in [0.29, 0.717) is 5.92 Å². The summed E-state index contributed by atoms with van der Waals surface area (Å²) in [5.74, 6) is 0.634. The lowest BCUT2D eigenvalue weighted by molar-refractivity contribution is -0.0829. The van der Waals surface area contributed by atoms with Crippen molar-refractivity contribution in [3.63, 3.8) is 0 Å². The minimum atomic E-state index is -0.648. The molecule has 3 aliphatic rings. The second-order valence-electron chi connectivity index (χ2n) is 3.13. The molecule has 0 aromatic carbocycles. The number of fused-ring (bicyclic) bond motifs is 1. The fourth-order valence-corrected chi connectivity index (χ4v) is 1.91. The first-order valence-corrected chi connectivity index (χ1v) is 3.11. The van der Waals surface area contributed by atoms with Gasteiger partial charge in [0, 0.05) is 0 Å². The Morgan fingerprint density at radius 2 is 2.00 bits per heavy atom. The van der Waals surface area contributed by atoms with Crippen molar-refractivity contribution in [1.29, 1.82) is 0 Å². The van der Waals surface area contributed by atoms with E-state index < -0.39 is 11.7 Å². The zero-order valence-electron chi connectivity index (χ0n) is 4.67. The highest BCUT2D eigenvalue weighted by molar-refractivity contribution is 5.07. The van der Waals surface area contributed by atoms with Crippen molar-refractivity contribution in [1.82, 2.24) is 0 Å². The van der Waals surface area contributed by atoms with E-state index in [-0.39, 0.29) is 0 Å². The molecule has 0 amide bonds. The van der Waals surface area contributed by atoms with E-state index in [1.807, 2.05) is 0 Å². The van der Waals surface area contributed by atoms with Gasteiger partial charge in [-0.3, -0.25) is 0 Å². The number of rotatable bonds is 0. The van der Waals surface area contributed by atoms with Gasteiger partial charge in [-0.1, -0.05) is 0 Å². The van der Waals surface area contributed by atoms with E-state index in [9.17, 15) is 5.11 Å². The van der Waals surface area contributed by atoms with Gasteiger partial charge in [-0.05, 0) is 25.2 Å². The van der Waals surface area contributed by atoms with Gasteiger partial charge >= 0.3 is 0 Å². The van der Waals surface area contributed by atoms with E-state index in [2.05, 4.69) is 0 Å². The summed E-state index contributed by atoms with van der Waals surface area (Å²) in [6.45, 7) is 0. The smallest absolute Gasteiger partial charge is 0.0910 e. The molecule has 3 fully saturated rings. The molecule has 0 heterocycles. The summed E-state index contributed by atoms with van der Waals surface area (Å²) in [4.78, 5) is 0. The summed E-state index contributed by atoms with van der Waals surface area (Å²) < 4.78 is 0. The first-order valence-electron chi connectivity index (χ1n) is 3.11. The average molecular weight is 114 g/mol. The standard InChI is InChI=1S/C6H10O2/c7-5-1-4-2-6(5,8)3-4/h4-5,7-8H,1-3H2. The first kappa shape index (κ1) is 4.77. The average Bonchev–Trinajstić information content (AvgIpc) is 1.90. The Balaban J connectivity index is 2.21. The lowest BCUT2D eigenvalue weighted by Crippen LogP contribution is -2.41. The normalized spacial score (nSPS) is 60.8. The van der Waals surface area contributed by atoms with Gasteiger partial charge in [0.2, 0.25) is 0 Å². The van der Waals surface area contributed by atoms with Gasteiger partial charge in [-0.15, -0.1) is 0 Å². The Hall–Kier alpha value is -0.0800. The molecule has 3 rings (SSSR count). The molecule has 2 bridgehead atoms. The molecule has 2 heteroatoms. The van der Waals surface area contributed by atoms with Crippen LogP contribution >= 0.6 is 0 Å². The molecule has 46 valence electrons. The van der Waals surface area contributed by atoms with E-state index >= 15 is 0 Å². The minimum absolute atomic E-state index is 0.410. The maximum atomic E-state index is 9.28. The molecule has 1 unspecified atom stereocenters. The second kappa shape index (κ2) is 1.09. The van der Waals surface area contributed by atoms with Crippen LogP contribution in [0.25, 0.3) is 0 Å². The zero-order chi connectivity index (χ0) is 5.78. The van der Waals surface area contributed by atoms with Crippen LogP contribution in [0.1, 0.15) is 19.3 Å². The van der Waals surface area contributed by atoms with Crippen molar-refractivity contribution < 1.29 is 10.2 Å². The Labute approximate surface area is 48.1 Å². The summed E-state index contributed by atoms with van der Waals surface area (Å²) in [5.41, 5.74) is -0.648. The van der Waals surface area contributed by atoms with Crippen LogP contribution in [0.3, 0.4) is 0 Å². The topological polar surface area (TPSA) is 40.5 Å². The van der Waals surface area contributed by atoms with Crippen LogP contribution in [-0.2, 0) is 0 Å². The summed E-state index contributed by atoms with van der Waals surface area (Å²) in [5, 5.41) is 18.3. The summed E-state index contributed by atoms with van der Waals surface area (Å²) >= 11 is 0. The van der Waals surface area contributed by atoms with Crippen LogP contribution in [0.4, 0.5) is 0 Å². The van der Waals surface area contributed by atoms with E-state index in [1.54, 1.807) is 0 Å². The predicted octanol–water partition coefficient (Wildman–Crippen LogP) is -0.108. The zero-order valence-corrected chi connectivity index (χ0v) is 4.67. The quantitative estimate of drug-likeness (QED) is 0.461. The lowest BCUT2D eigenvalue weighted by atomic mass is 9.80. The number of aliphatic hydroxyl groups is 2. The minimum Gasteiger partial charge on any atom is -0.390 e. The summed E-state index contributed by atoms with van der Waals surface area (Å²) in [6.07, 6.45) is 2.10. The molecule has 0 aromatic rings. The molecular formula is C6H10O2. The van der Waals surface area contributed by atoms with Gasteiger partial charge < -0.3 is 10.2 Å². The highest BCUT2D eigenvalue weighted by atomic mass is 16.3. The summed E-state index contributed by atoms with van der Waals surface area (Å²) in [7, 11) is 0. The Morgan fingerprint density at radius 3 is 2.12 bits per heavy atom. The summed E-state index contributed by atoms with van der Waals surface area (Å²) in [6, 6.07) is 0. The van der Waals surface area contributed by atoms with Crippen molar-refractivity contribution in [3.8, 4) is 0 Å². The van der Waals surface area contributed by atoms with Crippen molar-refractivity contribution in [2.45, 2.75) is 31.0 Å². The van der Waals surface area contributed by atoms with Crippen molar-refractivity contribution >= 4 is 0 Å². The monoisotopic (exact) mass is 114 g/mol. The van der Waals surface area contributed by atoms with Gasteiger partial charge in [0.15, 0.2) is 0 Å². The van der Waals surface area contributed by atoms with E-state index in [4.69, 9.17) is 5.11 Å². The molecule has 2 N–H and O–H groups in total. The van der Waals surface area contributed by atoms with Gasteiger partial charge in [-0.25, -0.2) is 0 Å². The molecule has 8 heavy (non-hydrogen) atoms. The van der Waals surface area contributed by atoms with Gasteiger partial charge in [0.25, 0.3) is 0 Å². The molecule has 0 spiro atoms. The van der Waals surface area contributed by atoms with Crippen molar-refractivity contribution in [3.05, 3.63) is 0 Å². The van der Waals surface area contributed by atoms with Crippen LogP contribution in [0, 0.1) is 5.92 Å². The first-order chi connectivity index (χ1) is 3.71. The highest BCUT2D eigenvalue weighted by Gasteiger charge is 2.55. The fourth-order valence-electron chi connectivity index (χ4n) is 1.91. The maximum absolute atomic E-state index is 9.28. The van der Waals surface area contributed by atoms with E-state index in [0.717, 1.165) is 19.3 Å². The molecule has 0 saturated heterocycles. The van der Waals surface area contributed by atoms with Crippen LogP contribution in [0.2, 0.25) is 0 Å². The third-order valence-electron chi connectivity index (χ3n) is 2.46. The van der Waals surface area contributed by atoms with Crippen LogP contribution in [0.15, 0.2) is 0 Å². The van der Waals surface area contributed by atoms with E-state index in [1.165, 1.54) is 0 Å². The third kappa shape index (κ3) is 0.361. The van der Waals surface area contributed by atoms with Gasteiger partial charge in [0.1, 0.15) is 0 Å². The molecular weight excluding hydrogens is 104 g/mol. The Kier molecular flexibility index (Phi) is 0.649. The predicted molar refractivity (Wildman–Crippen MR) is 28.3 cm³/mol. The second-order valence-corrected chi connectivity index (χ2v) is 3.13. The maximum Gasteiger partial charge on any atom is 0.0910 e. The molecule has 3 aliphatic carbocycles. The van der Waals surface area contributed by atoms with Crippen molar-refractivity contribution in [2.75, 3.05) is 0 Å². The molecule has 2 nitrogen and oxygen atoms in total. The Morgan fingerprint density at radius 1 is 1.38 bits per heavy atom. The fraction of sp³-hybridized carbons (Fsp3) is 1.00. The molecule has 0 aromatic heterocycles. The SMILES string of the molecule is OC1CC2CC1(O)C2. The third-order valence-corrected chi connectivity index (χ3v) is 2.46. The molecule has 0 radical (unpaired) electrons. The van der Waals surface area contributed by atoms with Crippen LogP contribution < -0.4 is 0 Å². The number of hydrogen-bond acceptors (Lipinski definition) is 2. The molecule has 3 saturated carbocycles. The lowest BCUT2D eigenvalue weighted by Gasteiger charge is -2.33. The highest BCUT2D eigenvalue weighted by Crippen LogP contribution is 2.51. The van der Waals surface area contributed by atoms with Gasteiger partial charge in [0.05, 0.1) is 11.7 Å². The largest absolute Gasteiger partial charge is 0.390 e. The molecule has 1 atom stereocenters. The number of hydrogen-bond donors (Lipinski definition) is 2. The van der Waals surface area contributed by atoms with Crippen LogP contribution in [0.5, 0.6) is 0 Å². The van der Waals surface area contributed by atoms with Crippen molar-refractivity contribution in [2.24, 2.45) is 5.92 Å². The van der Waals surface area contributed by atoms with Crippen LogP contribution in [-0.4, -0.2) is 21.9 Å². The van der Waals surface area contributed by atoms with Gasteiger partial charge in [-0.2, -0.15) is 0 Å². The Bertz CT molecular complexity index is 113. The number of aliphatic hydroxyl groups excluding tert-OH is 1. The molecule has 0 aliphatic heterocycles.